The fourth-order valence-corrected chi connectivity index (χ4v) is 1.62. The Balaban J connectivity index is 2.36. The molecule has 0 radical (unpaired) electrons. The Morgan fingerprint density at radius 3 is 2.94 bits per heavy atom. The van der Waals surface area contributed by atoms with Crippen LogP contribution >= 0.6 is 11.5 Å². The van der Waals surface area contributed by atoms with Gasteiger partial charge in [-0.15, -0.1) is 0 Å². The van der Waals surface area contributed by atoms with Crippen molar-refractivity contribution in [1.29, 1.82) is 0 Å². The number of nitrogens with two attached hydrogens (primary N) is 1. The van der Waals surface area contributed by atoms with Gasteiger partial charge < -0.3 is 10.5 Å². The summed E-state index contributed by atoms with van der Waals surface area (Å²) in [6, 6.07) is 4.90. The summed E-state index contributed by atoms with van der Waals surface area (Å²) in [6.07, 6.45) is 1.39. The normalized spacial score (nSPS) is 10.1. The van der Waals surface area contributed by atoms with E-state index in [1.54, 1.807) is 18.2 Å². The summed E-state index contributed by atoms with van der Waals surface area (Å²) in [7, 11) is 0. The highest BCUT2D eigenvalue weighted by molar-refractivity contribution is 7.07. The molecule has 0 fully saturated rings. The fourth-order valence-electron chi connectivity index (χ4n) is 1.21. The van der Waals surface area contributed by atoms with Gasteiger partial charge in [-0.05, 0) is 25.1 Å². The Hall–Kier alpha value is -1.95. The molecule has 6 heteroatoms. The standard InChI is InChI=1S/C10H9N3O2S/c1-6(14)8-4-7(11)2-3-9(8)15-10-12-5-13-16-10/h2-5H,11H2,1H3. The van der Waals surface area contributed by atoms with Crippen LogP contribution < -0.4 is 10.5 Å². The Kier molecular flexibility index (Phi) is 2.82. The number of hydrogen-bond acceptors (Lipinski definition) is 6. The minimum Gasteiger partial charge on any atom is -0.429 e. The smallest absolute Gasteiger partial charge is 0.298 e. The Morgan fingerprint density at radius 2 is 2.31 bits per heavy atom. The van der Waals surface area contributed by atoms with Crippen LogP contribution in [0.15, 0.2) is 24.5 Å². The number of Topliss-reactive ketones (excluding diaryl/α,β-unsaturated/α-hetero) is 1. The molecule has 0 aliphatic carbocycles. The molecule has 0 bridgehead atoms. The Morgan fingerprint density at radius 1 is 1.50 bits per heavy atom. The average Bonchev–Trinajstić information content (AvgIpc) is 2.73. The third-order valence-electron chi connectivity index (χ3n) is 1.92. The van der Waals surface area contributed by atoms with Gasteiger partial charge in [0, 0.05) is 17.2 Å². The molecule has 0 unspecified atom stereocenters. The van der Waals surface area contributed by atoms with Crippen molar-refractivity contribution in [3.8, 4) is 10.9 Å². The number of anilines is 1. The molecule has 0 saturated heterocycles. The van der Waals surface area contributed by atoms with E-state index in [1.807, 2.05) is 0 Å². The minimum absolute atomic E-state index is 0.105. The quantitative estimate of drug-likeness (QED) is 0.651. The number of hydrogen-bond donors (Lipinski definition) is 1. The summed E-state index contributed by atoms with van der Waals surface area (Å²) in [5.74, 6) is 0.338. The highest BCUT2D eigenvalue weighted by Gasteiger charge is 2.11. The van der Waals surface area contributed by atoms with Gasteiger partial charge in [0.1, 0.15) is 12.1 Å². The van der Waals surface area contributed by atoms with E-state index in [1.165, 1.54) is 13.3 Å². The Labute approximate surface area is 96.1 Å². The lowest BCUT2D eigenvalue weighted by Crippen LogP contribution is -1.98. The number of nitrogens with zero attached hydrogens (tertiary/aromatic N) is 2. The van der Waals surface area contributed by atoms with Crippen LogP contribution in [0.4, 0.5) is 5.69 Å². The number of aromatic nitrogens is 2. The first kappa shape index (κ1) is 10.6. The van der Waals surface area contributed by atoms with Gasteiger partial charge in [-0.1, -0.05) is 0 Å². The van der Waals surface area contributed by atoms with Crippen molar-refractivity contribution in [2.24, 2.45) is 0 Å². The van der Waals surface area contributed by atoms with Crippen LogP contribution in [0.1, 0.15) is 17.3 Å². The second-order valence-electron chi connectivity index (χ2n) is 3.12. The highest BCUT2D eigenvalue weighted by Crippen LogP contribution is 2.27. The summed E-state index contributed by atoms with van der Waals surface area (Å²) < 4.78 is 9.24. The second kappa shape index (κ2) is 4.28. The van der Waals surface area contributed by atoms with Crippen LogP contribution in [0.3, 0.4) is 0 Å². The summed E-state index contributed by atoms with van der Waals surface area (Å²) >= 11 is 1.12. The van der Waals surface area contributed by atoms with Crippen molar-refractivity contribution < 1.29 is 9.53 Å². The molecule has 5 nitrogen and oxygen atoms in total. The maximum Gasteiger partial charge on any atom is 0.298 e. The van der Waals surface area contributed by atoms with Gasteiger partial charge in [0.25, 0.3) is 5.19 Å². The van der Waals surface area contributed by atoms with E-state index >= 15 is 0 Å². The van der Waals surface area contributed by atoms with Gasteiger partial charge in [-0.2, -0.15) is 9.36 Å². The van der Waals surface area contributed by atoms with E-state index < -0.39 is 0 Å². The molecule has 0 saturated carbocycles. The maximum atomic E-state index is 11.4. The van der Waals surface area contributed by atoms with E-state index in [4.69, 9.17) is 10.5 Å². The monoisotopic (exact) mass is 235 g/mol. The third kappa shape index (κ3) is 2.17. The van der Waals surface area contributed by atoms with Crippen molar-refractivity contribution >= 4 is 23.0 Å². The van der Waals surface area contributed by atoms with E-state index in [0.29, 0.717) is 22.2 Å². The van der Waals surface area contributed by atoms with Crippen LogP contribution in [0.2, 0.25) is 0 Å². The maximum absolute atomic E-state index is 11.4. The van der Waals surface area contributed by atoms with Gasteiger partial charge in [0.2, 0.25) is 0 Å². The fraction of sp³-hybridized carbons (Fsp3) is 0.100. The lowest BCUT2D eigenvalue weighted by atomic mass is 10.1. The molecule has 0 spiro atoms. The highest BCUT2D eigenvalue weighted by atomic mass is 32.1. The van der Waals surface area contributed by atoms with Crippen molar-refractivity contribution in [3.05, 3.63) is 30.1 Å². The molecule has 0 atom stereocenters. The van der Waals surface area contributed by atoms with Gasteiger partial charge >= 0.3 is 0 Å². The van der Waals surface area contributed by atoms with Crippen LogP contribution in [0, 0.1) is 0 Å². The molecule has 0 aliphatic rings. The molecule has 1 aromatic carbocycles. The number of rotatable bonds is 3. The first-order valence-electron chi connectivity index (χ1n) is 4.52. The molecule has 2 N–H and O–H groups in total. The number of carbonyl (C=O) groups is 1. The molecule has 2 rings (SSSR count). The summed E-state index contributed by atoms with van der Waals surface area (Å²) in [6.45, 7) is 1.46. The number of ketones is 1. The molecular weight excluding hydrogens is 226 g/mol. The van der Waals surface area contributed by atoms with Crippen LogP contribution in [-0.4, -0.2) is 15.1 Å². The molecular formula is C10H9N3O2S. The molecule has 0 aliphatic heterocycles. The van der Waals surface area contributed by atoms with Gasteiger partial charge in [0.15, 0.2) is 5.78 Å². The first-order chi connectivity index (χ1) is 7.66. The van der Waals surface area contributed by atoms with Crippen molar-refractivity contribution in [2.75, 3.05) is 5.73 Å². The largest absolute Gasteiger partial charge is 0.429 e. The van der Waals surface area contributed by atoms with E-state index in [0.717, 1.165) is 11.5 Å². The molecule has 2 aromatic rings. The van der Waals surface area contributed by atoms with Crippen LogP contribution in [0.25, 0.3) is 0 Å². The summed E-state index contributed by atoms with van der Waals surface area (Å²) in [5.41, 5.74) is 6.57. The topological polar surface area (TPSA) is 78.1 Å². The number of carbonyl (C=O) groups excluding carboxylic acids is 1. The zero-order valence-corrected chi connectivity index (χ0v) is 9.32. The van der Waals surface area contributed by atoms with E-state index in [2.05, 4.69) is 9.36 Å². The second-order valence-corrected chi connectivity index (χ2v) is 3.86. The Bertz CT molecular complexity index is 511. The van der Waals surface area contributed by atoms with E-state index in [9.17, 15) is 4.79 Å². The zero-order valence-electron chi connectivity index (χ0n) is 8.51. The van der Waals surface area contributed by atoms with Crippen LogP contribution in [-0.2, 0) is 0 Å². The average molecular weight is 235 g/mol. The zero-order chi connectivity index (χ0) is 11.5. The lowest BCUT2D eigenvalue weighted by molar-refractivity contribution is 0.101. The predicted molar refractivity (Wildman–Crippen MR) is 60.8 cm³/mol. The van der Waals surface area contributed by atoms with Crippen molar-refractivity contribution in [2.45, 2.75) is 6.92 Å². The molecule has 82 valence electrons. The van der Waals surface area contributed by atoms with E-state index in [-0.39, 0.29) is 5.78 Å². The predicted octanol–water partition coefficient (Wildman–Crippen LogP) is 2.12. The van der Waals surface area contributed by atoms with Gasteiger partial charge in [-0.3, -0.25) is 4.79 Å². The van der Waals surface area contributed by atoms with Crippen molar-refractivity contribution in [3.63, 3.8) is 0 Å². The summed E-state index contributed by atoms with van der Waals surface area (Å²) in [4.78, 5) is 15.3. The SMILES string of the molecule is CC(=O)c1cc(N)ccc1Oc1ncns1. The number of nitrogen functional groups attached to an aromatic ring is 1. The number of ether oxygens (including phenoxy) is 1. The number of benzene rings is 1. The molecule has 0 amide bonds. The third-order valence-corrected chi connectivity index (χ3v) is 2.47. The molecule has 16 heavy (non-hydrogen) atoms. The van der Waals surface area contributed by atoms with Crippen molar-refractivity contribution in [1.82, 2.24) is 9.36 Å². The summed E-state index contributed by atoms with van der Waals surface area (Å²) in [5, 5.41) is 0.396. The minimum atomic E-state index is -0.105. The van der Waals surface area contributed by atoms with Gasteiger partial charge in [-0.25, -0.2) is 0 Å². The molecule has 1 aromatic heterocycles. The lowest BCUT2D eigenvalue weighted by Gasteiger charge is -2.06. The van der Waals surface area contributed by atoms with Gasteiger partial charge in [0.05, 0.1) is 5.56 Å². The van der Waals surface area contributed by atoms with Crippen LogP contribution in [0.5, 0.6) is 10.9 Å². The molecule has 1 heterocycles. The first-order valence-corrected chi connectivity index (χ1v) is 5.29.